The zero-order valence-corrected chi connectivity index (χ0v) is 16.4. The molecule has 0 aromatic rings. The number of aliphatic hydroxyl groups is 1. The minimum atomic E-state index is -0.880. The minimum Gasteiger partial charge on any atom is -0.481 e. The van der Waals surface area contributed by atoms with Crippen molar-refractivity contribution in [3.8, 4) is 0 Å². The quantitative estimate of drug-likeness (QED) is 0.221. The number of carboxylic acid groups (broad SMARTS) is 2. The highest BCUT2D eigenvalue weighted by molar-refractivity contribution is 5.77. The highest BCUT2D eigenvalue weighted by Gasteiger charge is 2.27. The van der Waals surface area contributed by atoms with Crippen LogP contribution in [0.2, 0.25) is 0 Å². The summed E-state index contributed by atoms with van der Waals surface area (Å²) >= 11 is 0. The third-order valence-corrected chi connectivity index (χ3v) is 4.45. The minimum absolute atomic E-state index is 0.0267. The van der Waals surface area contributed by atoms with Gasteiger partial charge in [0, 0.05) is 19.3 Å². The van der Waals surface area contributed by atoms with Crippen molar-refractivity contribution in [2.75, 3.05) is 39.3 Å². The molecule has 0 aliphatic rings. The molecular formula is C19H35N2O6+. The zero-order valence-electron chi connectivity index (χ0n) is 16.4. The Morgan fingerprint density at radius 3 is 2.00 bits per heavy atom. The number of nitrogens with one attached hydrogen (secondary N) is 1. The number of carboxylic acids is 2. The van der Waals surface area contributed by atoms with Crippen LogP contribution in [0.1, 0.15) is 51.9 Å². The molecule has 4 N–H and O–H groups in total. The number of unbranched alkanes of at least 4 members (excludes halogenated alkanes) is 1. The average Bonchev–Trinajstić information content (AvgIpc) is 2.58. The molecule has 0 aromatic heterocycles. The monoisotopic (exact) mass is 387 g/mol. The second-order valence-electron chi connectivity index (χ2n) is 6.77. The lowest BCUT2D eigenvalue weighted by molar-refractivity contribution is -0.927. The van der Waals surface area contributed by atoms with Gasteiger partial charge in [0.2, 0.25) is 5.91 Å². The SMILES string of the molecule is CCC/C=C/CC(=O)NCC[N+](CCO)(CCCC(=O)O)CCCC(=O)O. The van der Waals surface area contributed by atoms with Crippen molar-refractivity contribution < 1.29 is 34.2 Å². The fourth-order valence-electron chi connectivity index (χ4n) is 2.99. The van der Waals surface area contributed by atoms with E-state index in [1.54, 1.807) is 0 Å². The van der Waals surface area contributed by atoms with Gasteiger partial charge in [0.05, 0.1) is 45.6 Å². The van der Waals surface area contributed by atoms with Crippen molar-refractivity contribution in [1.29, 1.82) is 0 Å². The number of aliphatic carboxylic acids is 2. The van der Waals surface area contributed by atoms with Gasteiger partial charge in [-0.05, 0) is 6.42 Å². The first-order valence-corrected chi connectivity index (χ1v) is 9.66. The first kappa shape index (κ1) is 25.1. The molecule has 0 bridgehead atoms. The Labute approximate surface area is 161 Å². The topological polar surface area (TPSA) is 124 Å². The first-order valence-electron chi connectivity index (χ1n) is 9.66. The molecule has 0 saturated carbocycles. The van der Waals surface area contributed by atoms with Gasteiger partial charge < -0.3 is 25.1 Å². The average molecular weight is 387 g/mol. The summed E-state index contributed by atoms with van der Waals surface area (Å²) in [6.07, 6.45) is 7.04. The molecular weight excluding hydrogens is 352 g/mol. The largest absolute Gasteiger partial charge is 0.481 e. The number of hydrogen-bond acceptors (Lipinski definition) is 4. The van der Waals surface area contributed by atoms with Crippen LogP contribution in [-0.4, -0.2) is 77.0 Å². The van der Waals surface area contributed by atoms with E-state index in [0.29, 0.717) is 56.5 Å². The number of rotatable bonds is 17. The Morgan fingerprint density at radius 2 is 1.52 bits per heavy atom. The van der Waals surface area contributed by atoms with Crippen LogP contribution in [0, 0.1) is 0 Å². The number of carbonyl (C=O) groups is 3. The smallest absolute Gasteiger partial charge is 0.303 e. The maximum absolute atomic E-state index is 11.9. The van der Waals surface area contributed by atoms with E-state index in [0.717, 1.165) is 12.8 Å². The number of allylic oxidation sites excluding steroid dienone is 1. The number of quaternary nitrogens is 1. The van der Waals surface area contributed by atoms with Crippen LogP contribution in [0.4, 0.5) is 0 Å². The summed E-state index contributed by atoms with van der Waals surface area (Å²) in [7, 11) is 0. The van der Waals surface area contributed by atoms with Crippen molar-refractivity contribution >= 4 is 17.8 Å². The van der Waals surface area contributed by atoms with E-state index in [1.807, 2.05) is 12.2 Å². The molecule has 0 saturated heterocycles. The van der Waals surface area contributed by atoms with E-state index in [2.05, 4.69) is 12.2 Å². The molecule has 8 nitrogen and oxygen atoms in total. The van der Waals surface area contributed by atoms with Crippen LogP contribution in [0.3, 0.4) is 0 Å². The Hall–Kier alpha value is -1.93. The van der Waals surface area contributed by atoms with E-state index in [1.165, 1.54) is 0 Å². The second kappa shape index (κ2) is 15.2. The number of hydrogen-bond donors (Lipinski definition) is 4. The molecule has 0 fully saturated rings. The van der Waals surface area contributed by atoms with Gasteiger partial charge in [-0.3, -0.25) is 14.4 Å². The third-order valence-electron chi connectivity index (χ3n) is 4.45. The van der Waals surface area contributed by atoms with Gasteiger partial charge in [-0.15, -0.1) is 0 Å². The summed E-state index contributed by atoms with van der Waals surface area (Å²) in [4.78, 5) is 33.5. The molecule has 8 heteroatoms. The van der Waals surface area contributed by atoms with Crippen LogP contribution in [-0.2, 0) is 14.4 Å². The molecule has 0 aliphatic heterocycles. The lowest BCUT2D eigenvalue weighted by Gasteiger charge is -2.38. The van der Waals surface area contributed by atoms with E-state index in [-0.39, 0.29) is 25.4 Å². The van der Waals surface area contributed by atoms with Gasteiger partial charge in [0.1, 0.15) is 6.54 Å². The lowest BCUT2D eigenvalue weighted by atomic mass is 10.2. The van der Waals surface area contributed by atoms with Crippen molar-refractivity contribution in [3.05, 3.63) is 12.2 Å². The molecule has 0 rings (SSSR count). The molecule has 0 aromatic carbocycles. The molecule has 0 unspecified atom stereocenters. The number of nitrogens with zero attached hydrogens (tertiary/aromatic N) is 1. The van der Waals surface area contributed by atoms with Crippen LogP contribution in [0.25, 0.3) is 0 Å². The Morgan fingerprint density at radius 1 is 0.926 bits per heavy atom. The molecule has 1 amide bonds. The fourth-order valence-corrected chi connectivity index (χ4v) is 2.99. The van der Waals surface area contributed by atoms with Crippen molar-refractivity contribution in [1.82, 2.24) is 5.32 Å². The van der Waals surface area contributed by atoms with E-state index in [9.17, 15) is 19.5 Å². The van der Waals surface area contributed by atoms with Gasteiger partial charge >= 0.3 is 11.9 Å². The normalized spacial score (nSPS) is 11.6. The zero-order chi connectivity index (χ0) is 20.5. The number of aliphatic hydroxyl groups excluding tert-OH is 1. The van der Waals surface area contributed by atoms with Crippen LogP contribution >= 0.6 is 0 Å². The predicted octanol–water partition coefficient (Wildman–Crippen LogP) is 1.39. The molecule has 27 heavy (non-hydrogen) atoms. The molecule has 0 heterocycles. The van der Waals surface area contributed by atoms with Crippen LogP contribution in [0.5, 0.6) is 0 Å². The third kappa shape index (κ3) is 13.9. The summed E-state index contributed by atoms with van der Waals surface area (Å²) in [5, 5.41) is 30.0. The summed E-state index contributed by atoms with van der Waals surface area (Å²) in [5.41, 5.74) is 0. The van der Waals surface area contributed by atoms with Gasteiger partial charge in [-0.2, -0.15) is 0 Å². The van der Waals surface area contributed by atoms with Gasteiger partial charge in [0.25, 0.3) is 0 Å². The Balaban J connectivity index is 4.69. The van der Waals surface area contributed by atoms with Crippen LogP contribution in [0.15, 0.2) is 12.2 Å². The highest BCUT2D eigenvalue weighted by Crippen LogP contribution is 2.12. The van der Waals surface area contributed by atoms with Crippen molar-refractivity contribution in [2.45, 2.75) is 51.9 Å². The second-order valence-corrected chi connectivity index (χ2v) is 6.77. The van der Waals surface area contributed by atoms with Crippen molar-refractivity contribution in [2.24, 2.45) is 0 Å². The van der Waals surface area contributed by atoms with E-state index in [4.69, 9.17) is 10.2 Å². The van der Waals surface area contributed by atoms with E-state index >= 15 is 0 Å². The van der Waals surface area contributed by atoms with Gasteiger partial charge in [-0.1, -0.05) is 25.5 Å². The summed E-state index contributed by atoms with van der Waals surface area (Å²) in [6, 6.07) is 0. The molecule has 0 atom stereocenters. The summed E-state index contributed by atoms with van der Waals surface area (Å²) < 4.78 is 0.406. The number of amides is 1. The fraction of sp³-hybridized carbons (Fsp3) is 0.737. The standard InChI is InChI=1S/C19H34N2O6/c1-2-3-4-5-8-17(23)20-11-14-21(15-16-22,12-6-9-18(24)25)13-7-10-19(26)27/h4-5,22H,2-3,6-16H2,1H3,(H2-,20,23,24,25,26,27)/p+1/b5-4+. The lowest BCUT2D eigenvalue weighted by Crippen LogP contribution is -2.54. The van der Waals surface area contributed by atoms with E-state index < -0.39 is 11.9 Å². The van der Waals surface area contributed by atoms with Gasteiger partial charge in [-0.25, -0.2) is 0 Å². The van der Waals surface area contributed by atoms with Crippen molar-refractivity contribution in [3.63, 3.8) is 0 Å². The predicted molar refractivity (Wildman–Crippen MR) is 102 cm³/mol. The Kier molecular flexibility index (Phi) is 14.1. The maximum atomic E-state index is 11.9. The summed E-state index contributed by atoms with van der Waals surface area (Å²) in [6.45, 7) is 4.39. The van der Waals surface area contributed by atoms with Gasteiger partial charge in [0.15, 0.2) is 0 Å². The van der Waals surface area contributed by atoms with Crippen LogP contribution < -0.4 is 5.32 Å². The molecule has 156 valence electrons. The number of carbonyl (C=O) groups excluding carboxylic acids is 1. The first-order chi connectivity index (χ1) is 12.8. The molecule has 0 spiro atoms. The highest BCUT2D eigenvalue weighted by atomic mass is 16.4. The molecule has 0 aliphatic carbocycles. The molecule has 0 radical (unpaired) electrons. The maximum Gasteiger partial charge on any atom is 0.303 e. The Bertz CT molecular complexity index is 459. The summed E-state index contributed by atoms with van der Waals surface area (Å²) in [5.74, 6) is -1.84.